The Bertz CT molecular complexity index is 702. The summed E-state index contributed by atoms with van der Waals surface area (Å²) in [5.74, 6) is 0.0179. The van der Waals surface area contributed by atoms with E-state index in [2.05, 4.69) is 10.4 Å². The molecule has 1 aromatic carbocycles. The number of hydrogen-bond acceptors (Lipinski definition) is 3. The van der Waals surface area contributed by atoms with Gasteiger partial charge in [-0.2, -0.15) is 5.10 Å². The first-order valence-corrected chi connectivity index (χ1v) is 8.06. The average Bonchev–Trinajstić information content (AvgIpc) is 2.88. The minimum atomic E-state index is -0.280. The lowest BCUT2D eigenvalue weighted by molar-refractivity contribution is 0.0235. The number of nitrogens with zero attached hydrogens (tertiary/aromatic N) is 2. The van der Waals surface area contributed by atoms with E-state index >= 15 is 0 Å². The van der Waals surface area contributed by atoms with E-state index in [4.69, 9.17) is 11.6 Å². The molecule has 122 valence electrons. The van der Waals surface area contributed by atoms with Crippen molar-refractivity contribution in [2.45, 2.75) is 31.9 Å². The number of aliphatic hydroxyl groups is 1. The standard InChI is InChI=1S/C17H20ClN3O2/c1-10-4-3-5-14(18)15(10)17(23)20-16(11-6-13(22)7-11)12-8-19-21(2)9-12/h3-5,8-9,11,13,16,22H,6-7H2,1-2H3,(H,20,23)/t11?,13?,16-/m0/s1. The summed E-state index contributed by atoms with van der Waals surface area (Å²) in [5, 5.41) is 17.3. The van der Waals surface area contributed by atoms with E-state index in [1.807, 2.05) is 32.3 Å². The van der Waals surface area contributed by atoms with Crippen LogP contribution in [0.15, 0.2) is 30.6 Å². The fourth-order valence-corrected chi connectivity index (χ4v) is 3.42. The van der Waals surface area contributed by atoms with E-state index in [-0.39, 0.29) is 24.0 Å². The summed E-state index contributed by atoms with van der Waals surface area (Å²) in [5.41, 5.74) is 2.29. The van der Waals surface area contributed by atoms with Gasteiger partial charge in [0.05, 0.1) is 28.9 Å². The maximum atomic E-state index is 12.7. The quantitative estimate of drug-likeness (QED) is 0.903. The van der Waals surface area contributed by atoms with E-state index in [0.717, 1.165) is 11.1 Å². The lowest BCUT2D eigenvalue weighted by Gasteiger charge is -2.37. The molecule has 0 unspecified atom stereocenters. The first-order valence-electron chi connectivity index (χ1n) is 7.68. The highest BCUT2D eigenvalue weighted by Crippen LogP contribution is 2.38. The van der Waals surface area contributed by atoms with Gasteiger partial charge < -0.3 is 10.4 Å². The Kier molecular flexibility index (Phi) is 4.41. The molecule has 1 heterocycles. The summed E-state index contributed by atoms with van der Waals surface area (Å²) in [7, 11) is 1.84. The summed E-state index contributed by atoms with van der Waals surface area (Å²) in [6.07, 6.45) is 4.74. The summed E-state index contributed by atoms with van der Waals surface area (Å²) in [6, 6.07) is 5.24. The Morgan fingerprint density at radius 2 is 2.22 bits per heavy atom. The molecule has 3 rings (SSSR count). The normalized spacial score (nSPS) is 21.6. The highest BCUT2D eigenvalue weighted by molar-refractivity contribution is 6.34. The fourth-order valence-electron chi connectivity index (χ4n) is 3.11. The van der Waals surface area contributed by atoms with E-state index < -0.39 is 0 Å². The molecule has 0 aliphatic heterocycles. The third kappa shape index (κ3) is 3.26. The number of benzene rings is 1. The lowest BCUT2D eigenvalue weighted by atomic mass is 9.75. The molecule has 6 heteroatoms. The number of halogens is 1. The number of hydrogen-bond donors (Lipinski definition) is 2. The van der Waals surface area contributed by atoms with Crippen LogP contribution in [0.2, 0.25) is 5.02 Å². The van der Waals surface area contributed by atoms with Crippen molar-refractivity contribution in [2.24, 2.45) is 13.0 Å². The van der Waals surface area contributed by atoms with Crippen LogP contribution in [0.1, 0.15) is 40.4 Å². The topological polar surface area (TPSA) is 67.2 Å². The summed E-state index contributed by atoms with van der Waals surface area (Å²) in [6.45, 7) is 1.87. The maximum Gasteiger partial charge on any atom is 0.253 e. The molecule has 1 atom stereocenters. The third-order valence-corrected chi connectivity index (χ3v) is 4.76. The molecule has 23 heavy (non-hydrogen) atoms. The number of aryl methyl sites for hydroxylation is 2. The van der Waals surface area contributed by atoms with E-state index in [1.165, 1.54) is 0 Å². The van der Waals surface area contributed by atoms with Crippen LogP contribution in [0.4, 0.5) is 0 Å². The van der Waals surface area contributed by atoms with Gasteiger partial charge in [-0.15, -0.1) is 0 Å². The van der Waals surface area contributed by atoms with Crippen LogP contribution < -0.4 is 5.32 Å². The van der Waals surface area contributed by atoms with Gasteiger partial charge >= 0.3 is 0 Å². The highest BCUT2D eigenvalue weighted by Gasteiger charge is 2.36. The number of carbonyl (C=O) groups is 1. The van der Waals surface area contributed by atoms with Crippen molar-refractivity contribution < 1.29 is 9.90 Å². The van der Waals surface area contributed by atoms with Gasteiger partial charge in [-0.25, -0.2) is 0 Å². The van der Waals surface area contributed by atoms with Crippen molar-refractivity contribution in [1.29, 1.82) is 0 Å². The summed E-state index contributed by atoms with van der Waals surface area (Å²) in [4.78, 5) is 12.7. The van der Waals surface area contributed by atoms with E-state index in [1.54, 1.807) is 16.9 Å². The molecule has 1 fully saturated rings. The molecule has 5 nitrogen and oxygen atoms in total. The molecule has 0 spiro atoms. The molecule has 1 saturated carbocycles. The van der Waals surface area contributed by atoms with Crippen molar-refractivity contribution in [3.63, 3.8) is 0 Å². The SMILES string of the molecule is Cc1cccc(Cl)c1C(=O)N[C@H](c1cnn(C)c1)C1CC(O)C1. The van der Waals surface area contributed by atoms with Crippen LogP contribution in [0.5, 0.6) is 0 Å². The van der Waals surface area contributed by atoms with Crippen LogP contribution in [0, 0.1) is 12.8 Å². The van der Waals surface area contributed by atoms with E-state index in [0.29, 0.717) is 23.4 Å². The van der Waals surface area contributed by atoms with Crippen LogP contribution >= 0.6 is 11.6 Å². The predicted octanol–water partition coefficient (Wildman–Crippen LogP) is 2.62. The largest absolute Gasteiger partial charge is 0.393 e. The van der Waals surface area contributed by atoms with Crippen LogP contribution in [-0.2, 0) is 7.05 Å². The molecule has 2 aromatic rings. The van der Waals surface area contributed by atoms with Crippen molar-refractivity contribution in [1.82, 2.24) is 15.1 Å². The Morgan fingerprint density at radius 3 is 2.78 bits per heavy atom. The van der Waals surface area contributed by atoms with Crippen molar-refractivity contribution in [3.8, 4) is 0 Å². The first-order chi connectivity index (χ1) is 11.0. The molecular formula is C17H20ClN3O2. The van der Waals surface area contributed by atoms with Crippen molar-refractivity contribution in [3.05, 3.63) is 52.3 Å². The average molecular weight is 334 g/mol. The number of carbonyl (C=O) groups excluding carboxylic acids is 1. The predicted molar refractivity (Wildman–Crippen MR) is 88.3 cm³/mol. The number of aromatic nitrogens is 2. The van der Waals surface area contributed by atoms with Crippen LogP contribution in [0.25, 0.3) is 0 Å². The highest BCUT2D eigenvalue weighted by atomic mass is 35.5. The zero-order valence-electron chi connectivity index (χ0n) is 13.2. The Labute approximate surface area is 140 Å². The van der Waals surface area contributed by atoms with Gasteiger partial charge in [-0.05, 0) is 37.3 Å². The lowest BCUT2D eigenvalue weighted by Crippen LogP contribution is -2.41. The van der Waals surface area contributed by atoms with E-state index in [9.17, 15) is 9.90 Å². The number of aliphatic hydroxyl groups excluding tert-OH is 1. The third-order valence-electron chi connectivity index (χ3n) is 4.44. The smallest absolute Gasteiger partial charge is 0.253 e. The Balaban J connectivity index is 1.85. The van der Waals surface area contributed by atoms with Gasteiger partial charge in [0, 0.05) is 18.8 Å². The van der Waals surface area contributed by atoms with Gasteiger partial charge in [0.25, 0.3) is 5.91 Å². The fraction of sp³-hybridized carbons (Fsp3) is 0.412. The Hall–Kier alpha value is -1.85. The second kappa shape index (κ2) is 6.34. The minimum Gasteiger partial charge on any atom is -0.393 e. The van der Waals surface area contributed by atoms with Gasteiger partial charge in [-0.3, -0.25) is 9.48 Å². The number of rotatable bonds is 4. The first kappa shape index (κ1) is 16.0. The molecule has 1 aliphatic carbocycles. The monoisotopic (exact) mass is 333 g/mol. The molecule has 0 saturated heterocycles. The zero-order chi connectivity index (χ0) is 16.6. The molecule has 2 N–H and O–H groups in total. The van der Waals surface area contributed by atoms with Crippen LogP contribution in [0.3, 0.4) is 0 Å². The van der Waals surface area contributed by atoms with Gasteiger partial charge in [0.1, 0.15) is 0 Å². The van der Waals surface area contributed by atoms with Gasteiger partial charge in [0.15, 0.2) is 0 Å². The molecule has 1 amide bonds. The van der Waals surface area contributed by atoms with Crippen LogP contribution in [-0.4, -0.2) is 26.9 Å². The molecule has 1 aliphatic rings. The molecule has 0 bridgehead atoms. The maximum absolute atomic E-state index is 12.7. The van der Waals surface area contributed by atoms with Gasteiger partial charge in [-0.1, -0.05) is 23.7 Å². The second-order valence-electron chi connectivity index (χ2n) is 6.22. The molecule has 1 aromatic heterocycles. The summed E-state index contributed by atoms with van der Waals surface area (Å²) >= 11 is 6.19. The van der Waals surface area contributed by atoms with Crippen molar-refractivity contribution >= 4 is 17.5 Å². The molecule has 0 radical (unpaired) electrons. The second-order valence-corrected chi connectivity index (χ2v) is 6.62. The number of amides is 1. The number of nitrogens with one attached hydrogen (secondary N) is 1. The molecular weight excluding hydrogens is 314 g/mol. The van der Waals surface area contributed by atoms with Gasteiger partial charge in [0.2, 0.25) is 0 Å². The minimum absolute atomic E-state index is 0.171. The Morgan fingerprint density at radius 1 is 1.48 bits per heavy atom. The van der Waals surface area contributed by atoms with Crippen molar-refractivity contribution in [2.75, 3.05) is 0 Å². The summed E-state index contributed by atoms with van der Waals surface area (Å²) < 4.78 is 1.71. The zero-order valence-corrected chi connectivity index (χ0v) is 13.9.